The molecule has 0 radical (unpaired) electrons. The van der Waals surface area contributed by atoms with Crippen LogP contribution in [0.25, 0.3) is 0 Å². The lowest BCUT2D eigenvalue weighted by atomic mass is 10.1. The lowest BCUT2D eigenvalue weighted by molar-refractivity contribution is -0.00892. The van der Waals surface area contributed by atoms with Gasteiger partial charge in [-0.15, -0.1) is 5.17 Å². The van der Waals surface area contributed by atoms with Crippen LogP contribution >= 0.6 is 0 Å². The number of hydrogen-bond acceptors (Lipinski definition) is 7. The van der Waals surface area contributed by atoms with Gasteiger partial charge in [0.1, 0.15) is 5.69 Å². The number of carbonyl (C=O) groups excluding carboxylic acids is 3. The van der Waals surface area contributed by atoms with Crippen molar-refractivity contribution in [3.05, 3.63) is 95.6 Å². The summed E-state index contributed by atoms with van der Waals surface area (Å²) in [5, 5.41) is 2.38. The molecule has 0 atom stereocenters. The number of para-hydroxylation sites is 2. The molecule has 3 amide bonds. The first kappa shape index (κ1) is 19.9. The Balaban J connectivity index is 1.65. The van der Waals surface area contributed by atoms with Gasteiger partial charge in [0, 0.05) is 0 Å². The van der Waals surface area contributed by atoms with Gasteiger partial charge in [-0.25, -0.2) is 15.6 Å². The highest BCUT2D eigenvalue weighted by molar-refractivity contribution is 6.21. The Labute approximate surface area is 177 Å². The minimum Gasteiger partial charge on any atom is -0.397 e. The zero-order valence-electron chi connectivity index (χ0n) is 16.3. The van der Waals surface area contributed by atoms with Crippen molar-refractivity contribution in [1.82, 2.24) is 10.0 Å². The molecule has 9 nitrogen and oxygen atoms in total. The van der Waals surface area contributed by atoms with Crippen LogP contribution in [0.15, 0.2) is 78.9 Å². The van der Waals surface area contributed by atoms with Crippen molar-refractivity contribution in [3.8, 4) is 0 Å². The zero-order valence-corrected chi connectivity index (χ0v) is 16.3. The van der Waals surface area contributed by atoms with Gasteiger partial charge in [0.2, 0.25) is 0 Å². The summed E-state index contributed by atoms with van der Waals surface area (Å²) in [6.45, 7) is -0.0940. The number of nitrogen functional groups attached to an aromatic ring is 1. The highest BCUT2D eigenvalue weighted by Crippen LogP contribution is 2.27. The van der Waals surface area contributed by atoms with Crippen LogP contribution in [0.1, 0.15) is 26.3 Å². The molecule has 0 aromatic heterocycles. The molecule has 1 aliphatic rings. The second-order valence-corrected chi connectivity index (χ2v) is 6.75. The van der Waals surface area contributed by atoms with Crippen molar-refractivity contribution in [2.45, 2.75) is 6.54 Å². The number of benzene rings is 3. The maximum absolute atomic E-state index is 13.1. The standard InChI is InChI=1S/C22H19N5O4/c23-18-12-6-7-13-19(18)27(24)31-22(30)25(14-15-8-2-1-3-9-15)26-20(28)16-10-4-5-11-17(16)21(26)29/h1-13H,14,23-24H2. The van der Waals surface area contributed by atoms with E-state index in [1.807, 2.05) is 6.07 Å². The van der Waals surface area contributed by atoms with E-state index < -0.39 is 17.9 Å². The third-order valence-corrected chi connectivity index (χ3v) is 4.75. The normalized spacial score (nSPS) is 12.5. The number of fused-ring (bicyclic) bond motifs is 1. The predicted octanol–water partition coefficient (Wildman–Crippen LogP) is 2.71. The largest absolute Gasteiger partial charge is 0.455 e. The summed E-state index contributed by atoms with van der Waals surface area (Å²) in [6.07, 6.45) is -1.02. The highest BCUT2D eigenvalue weighted by Gasteiger charge is 2.42. The molecule has 1 heterocycles. The topological polar surface area (TPSA) is 122 Å². The smallest absolute Gasteiger partial charge is 0.397 e. The van der Waals surface area contributed by atoms with Gasteiger partial charge in [0.15, 0.2) is 0 Å². The summed E-state index contributed by atoms with van der Waals surface area (Å²) in [7, 11) is 0. The average molecular weight is 417 g/mol. The van der Waals surface area contributed by atoms with Crippen LogP contribution in [0, 0.1) is 0 Å². The van der Waals surface area contributed by atoms with E-state index in [0.29, 0.717) is 10.7 Å². The Morgan fingerprint density at radius 1 is 0.839 bits per heavy atom. The fraction of sp³-hybridized carbons (Fsp3) is 0.0455. The van der Waals surface area contributed by atoms with Crippen LogP contribution in [0.5, 0.6) is 0 Å². The van der Waals surface area contributed by atoms with Gasteiger partial charge >= 0.3 is 6.09 Å². The van der Waals surface area contributed by atoms with Gasteiger partial charge < -0.3 is 10.6 Å². The fourth-order valence-electron chi connectivity index (χ4n) is 3.24. The fourth-order valence-corrected chi connectivity index (χ4v) is 3.24. The average Bonchev–Trinajstić information content (AvgIpc) is 3.03. The molecule has 0 fully saturated rings. The van der Waals surface area contributed by atoms with Gasteiger partial charge in [-0.1, -0.05) is 54.6 Å². The van der Waals surface area contributed by atoms with Gasteiger partial charge in [-0.05, 0) is 29.8 Å². The molecule has 0 spiro atoms. The summed E-state index contributed by atoms with van der Waals surface area (Å²) in [4.78, 5) is 44.2. The van der Waals surface area contributed by atoms with E-state index in [9.17, 15) is 14.4 Å². The van der Waals surface area contributed by atoms with E-state index in [4.69, 9.17) is 16.4 Å². The van der Waals surface area contributed by atoms with E-state index in [1.165, 1.54) is 12.1 Å². The summed E-state index contributed by atoms with van der Waals surface area (Å²) in [5.74, 6) is 4.62. The SMILES string of the molecule is Nc1ccccc1N(N)OC(=O)N(Cc1ccccc1)N1C(=O)c2ccccc2C1=O. The van der Waals surface area contributed by atoms with Gasteiger partial charge in [-0.2, -0.15) is 5.01 Å². The third kappa shape index (κ3) is 3.77. The van der Waals surface area contributed by atoms with Crippen LogP contribution in [0.4, 0.5) is 16.2 Å². The molecule has 3 aromatic carbocycles. The zero-order chi connectivity index (χ0) is 22.0. The van der Waals surface area contributed by atoms with Gasteiger partial charge in [-0.3, -0.25) is 9.59 Å². The van der Waals surface area contributed by atoms with E-state index in [2.05, 4.69) is 0 Å². The lowest BCUT2D eigenvalue weighted by Crippen LogP contribution is -2.51. The van der Waals surface area contributed by atoms with Gasteiger partial charge in [0.25, 0.3) is 11.8 Å². The first-order valence-electron chi connectivity index (χ1n) is 9.38. The second kappa shape index (κ2) is 8.17. The minimum atomic E-state index is -1.02. The van der Waals surface area contributed by atoms with Crippen molar-refractivity contribution < 1.29 is 19.2 Å². The first-order chi connectivity index (χ1) is 15.0. The molecule has 0 aliphatic carbocycles. The molecule has 156 valence electrons. The van der Waals surface area contributed by atoms with Crippen molar-refractivity contribution >= 4 is 29.3 Å². The Morgan fingerprint density at radius 3 is 2.00 bits per heavy atom. The number of hydrogen-bond donors (Lipinski definition) is 2. The number of rotatable bonds is 5. The molecule has 0 unspecified atom stereocenters. The predicted molar refractivity (Wildman–Crippen MR) is 113 cm³/mol. The van der Waals surface area contributed by atoms with Crippen LogP contribution in [-0.2, 0) is 11.4 Å². The third-order valence-electron chi connectivity index (χ3n) is 4.75. The Morgan fingerprint density at radius 2 is 1.39 bits per heavy atom. The summed E-state index contributed by atoms with van der Waals surface area (Å²) in [6, 6.07) is 21.8. The minimum absolute atomic E-state index is 0.0940. The number of nitrogens with zero attached hydrogens (tertiary/aromatic N) is 3. The Kier molecular flexibility index (Phi) is 5.25. The highest BCUT2D eigenvalue weighted by atomic mass is 16.7. The molecule has 0 saturated heterocycles. The molecule has 3 aromatic rings. The Bertz CT molecular complexity index is 1120. The number of hydrazine groups is 2. The van der Waals surface area contributed by atoms with Gasteiger partial charge in [0.05, 0.1) is 23.4 Å². The maximum Gasteiger partial charge on any atom is 0.455 e. The quantitative estimate of drug-likeness (QED) is 0.283. The van der Waals surface area contributed by atoms with Crippen molar-refractivity contribution in [2.75, 3.05) is 10.9 Å². The van der Waals surface area contributed by atoms with E-state index in [0.717, 1.165) is 10.0 Å². The number of anilines is 2. The summed E-state index contributed by atoms with van der Waals surface area (Å²) < 4.78 is 0. The maximum atomic E-state index is 13.1. The molecule has 0 saturated carbocycles. The lowest BCUT2D eigenvalue weighted by Gasteiger charge is -2.30. The number of carbonyl (C=O) groups is 3. The molecule has 4 N–H and O–H groups in total. The van der Waals surface area contributed by atoms with Crippen LogP contribution in [0.2, 0.25) is 0 Å². The van der Waals surface area contributed by atoms with Crippen LogP contribution in [0.3, 0.4) is 0 Å². The van der Waals surface area contributed by atoms with E-state index in [-0.39, 0.29) is 29.0 Å². The monoisotopic (exact) mass is 417 g/mol. The molecule has 9 heteroatoms. The van der Waals surface area contributed by atoms with Crippen molar-refractivity contribution in [2.24, 2.45) is 5.84 Å². The second-order valence-electron chi connectivity index (χ2n) is 6.75. The molecular weight excluding hydrogens is 398 g/mol. The molecule has 31 heavy (non-hydrogen) atoms. The summed E-state index contributed by atoms with van der Waals surface area (Å²) in [5.41, 5.74) is 7.50. The van der Waals surface area contributed by atoms with E-state index >= 15 is 0 Å². The number of amides is 3. The van der Waals surface area contributed by atoms with Crippen molar-refractivity contribution in [3.63, 3.8) is 0 Å². The van der Waals surface area contributed by atoms with Crippen LogP contribution < -0.4 is 16.7 Å². The molecule has 4 rings (SSSR count). The Hall–Kier alpha value is -4.37. The number of imide groups is 1. The van der Waals surface area contributed by atoms with Crippen molar-refractivity contribution in [1.29, 1.82) is 0 Å². The van der Waals surface area contributed by atoms with E-state index in [1.54, 1.807) is 60.7 Å². The summed E-state index contributed by atoms with van der Waals surface area (Å²) >= 11 is 0. The molecule has 1 aliphatic heterocycles. The first-order valence-corrected chi connectivity index (χ1v) is 9.38. The number of nitrogens with two attached hydrogens (primary N) is 2. The molecule has 0 bridgehead atoms. The van der Waals surface area contributed by atoms with Crippen LogP contribution in [-0.4, -0.2) is 27.9 Å². The molecular formula is C22H19N5O4.